The van der Waals surface area contributed by atoms with Gasteiger partial charge in [-0.15, -0.1) is 10.2 Å². The Kier molecular flexibility index (Phi) is 5.11. The number of fused-ring (bicyclic) bond motifs is 1. The van der Waals surface area contributed by atoms with Gasteiger partial charge in [0.2, 0.25) is 0 Å². The van der Waals surface area contributed by atoms with Crippen LogP contribution in [0.5, 0.6) is 0 Å². The summed E-state index contributed by atoms with van der Waals surface area (Å²) in [6, 6.07) is 9.30. The van der Waals surface area contributed by atoms with E-state index >= 15 is 0 Å². The van der Waals surface area contributed by atoms with Gasteiger partial charge >= 0.3 is 0 Å². The van der Waals surface area contributed by atoms with E-state index < -0.39 is 0 Å². The predicted octanol–water partition coefficient (Wildman–Crippen LogP) is 2.82. The second kappa shape index (κ2) is 7.84. The number of carbonyl (C=O) groups is 1. The summed E-state index contributed by atoms with van der Waals surface area (Å²) in [6.07, 6.45) is 8.19. The third-order valence-corrected chi connectivity index (χ3v) is 4.99. The van der Waals surface area contributed by atoms with Crippen molar-refractivity contribution in [2.24, 2.45) is 0 Å². The molecule has 0 aliphatic carbocycles. The predicted molar refractivity (Wildman–Crippen MR) is 101 cm³/mol. The molecule has 2 aromatic heterocycles. The zero-order chi connectivity index (χ0) is 18.6. The van der Waals surface area contributed by atoms with Gasteiger partial charge in [0.15, 0.2) is 5.82 Å². The summed E-state index contributed by atoms with van der Waals surface area (Å²) in [5.74, 6) is 1.28. The van der Waals surface area contributed by atoms with Crippen molar-refractivity contribution in [3.05, 3.63) is 48.3 Å². The summed E-state index contributed by atoms with van der Waals surface area (Å²) >= 11 is 0. The van der Waals surface area contributed by atoms with Crippen molar-refractivity contribution in [1.29, 1.82) is 0 Å². The van der Waals surface area contributed by atoms with Gasteiger partial charge in [-0.2, -0.15) is 0 Å². The van der Waals surface area contributed by atoms with E-state index in [2.05, 4.69) is 15.2 Å². The Bertz CT molecular complexity index is 916. The highest BCUT2D eigenvalue weighted by Gasteiger charge is 2.17. The molecule has 1 aromatic carbocycles. The summed E-state index contributed by atoms with van der Waals surface area (Å²) in [5.41, 5.74) is 1.56. The van der Waals surface area contributed by atoms with Gasteiger partial charge in [0.1, 0.15) is 0 Å². The molecule has 7 heteroatoms. The quantitative estimate of drug-likeness (QED) is 0.695. The lowest BCUT2D eigenvalue weighted by Crippen LogP contribution is -2.31. The highest BCUT2D eigenvalue weighted by Crippen LogP contribution is 2.19. The van der Waals surface area contributed by atoms with Crippen molar-refractivity contribution in [2.45, 2.75) is 31.8 Å². The molecule has 4 rings (SSSR count). The molecular weight excluding hydrogens is 342 g/mol. The number of nitrogens with zero attached hydrogens (tertiary/aromatic N) is 5. The SMILES string of the molecule is CN(CCC1CCCCO1)C(=O)c1ccc(-c2nnc3ncccn23)cc1. The van der Waals surface area contributed by atoms with Crippen molar-refractivity contribution in [3.63, 3.8) is 0 Å². The van der Waals surface area contributed by atoms with E-state index in [1.165, 1.54) is 6.42 Å². The summed E-state index contributed by atoms with van der Waals surface area (Å²) < 4.78 is 7.57. The molecule has 3 heterocycles. The van der Waals surface area contributed by atoms with Gasteiger partial charge in [-0.05, 0) is 43.9 Å². The number of aromatic nitrogens is 4. The molecule has 1 aliphatic heterocycles. The molecule has 0 bridgehead atoms. The Labute approximate surface area is 158 Å². The molecule has 140 valence electrons. The molecule has 1 saturated heterocycles. The Balaban J connectivity index is 1.42. The first-order chi connectivity index (χ1) is 13.2. The molecule has 3 aromatic rings. The summed E-state index contributed by atoms with van der Waals surface area (Å²) in [5, 5.41) is 8.26. The van der Waals surface area contributed by atoms with Gasteiger partial charge in [-0.1, -0.05) is 12.1 Å². The van der Waals surface area contributed by atoms with Crippen LogP contribution in [0.3, 0.4) is 0 Å². The average Bonchev–Trinajstić information content (AvgIpc) is 3.16. The molecule has 0 radical (unpaired) electrons. The van der Waals surface area contributed by atoms with Crippen LogP contribution in [-0.4, -0.2) is 56.7 Å². The number of ether oxygens (including phenoxy) is 1. The Hall–Kier alpha value is -2.80. The van der Waals surface area contributed by atoms with Crippen LogP contribution in [0.4, 0.5) is 0 Å². The van der Waals surface area contributed by atoms with E-state index in [0.29, 0.717) is 23.7 Å². The number of hydrogen-bond acceptors (Lipinski definition) is 5. The maximum atomic E-state index is 12.7. The molecular formula is C20H23N5O2. The molecule has 1 aliphatic rings. The van der Waals surface area contributed by atoms with E-state index in [1.807, 2.05) is 48.0 Å². The molecule has 0 N–H and O–H groups in total. The van der Waals surface area contributed by atoms with Gasteiger partial charge in [-0.25, -0.2) is 4.98 Å². The van der Waals surface area contributed by atoms with Gasteiger partial charge < -0.3 is 9.64 Å². The topological polar surface area (TPSA) is 72.6 Å². The second-order valence-electron chi connectivity index (χ2n) is 6.89. The van der Waals surface area contributed by atoms with Gasteiger partial charge in [0, 0.05) is 43.7 Å². The zero-order valence-corrected chi connectivity index (χ0v) is 15.4. The third-order valence-electron chi connectivity index (χ3n) is 4.99. The normalized spacial score (nSPS) is 17.1. The van der Waals surface area contributed by atoms with Crippen LogP contribution in [0.25, 0.3) is 17.2 Å². The van der Waals surface area contributed by atoms with Crippen molar-refractivity contribution < 1.29 is 9.53 Å². The summed E-state index contributed by atoms with van der Waals surface area (Å²) in [6.45, 7) is 1.54. The highest BCUT2D eigenvalue weighted by molar-refractivity contribution is 5.94. The minimum Gasteiger partial charge on any atom is -0.378 e. The van der Waals surface area contributed by atoms with Gasteiger partial charge in [0.05, 0.1) is 6.10 Å². The highest BCUT2D eigenvalue weighted by atomic mass is 16.5. The van der Waals surface area contributed by atoms with Crippen LogP contribution in [0.2, 0.25) is 0 Å². The van der Waals surface area contributed by atoms with Crippen LogP contribution in [0.15, 0.2) is 42.7 Å². The molecule has 0 saturated carbocycles. The first-order valence-corrected chi connectivity index (χ1v) is 9.35. The summed E-state index contributed by atoms with van der Waals surface area (Å²) in [7, 11) is 1.84. The lowest BCUT2D eigenvalue weighted by Gasteiger charge is -2.25. The number of carbonyl (C=O) groups excluding carboxylic acids is 1. The molecule has 7 nitrogen and oxygen atoms in total. The minimum absolute atomic E-state index is 0.0186. The number of rotatable bonds is 5. The molecule has 1 atom stereocenters. The molecule has 27 heavy (non-hydrogen) atoms. The molecule has 1 amide bonds. The van der Waals surface area contributed by atoms with Crippen molar-refractivity contribution >= 4 is 11.7 Å². The maximum Gasteiger partial charge on any atom is 0.255 e. The smallest absolute Gasteiger partial charge is 0.255 e. The van der Waals surface area contributed by atoms with E-state index in [9.17, 15) is 4.79 Å². The first-order valence-electron chi connectivity index (χ1n) is 9.35. The largest absolute Gasteiger partial charge is 0.378 e. The van der Waals surface area contributed by atoms with Gasteiger partial charge in [0.25, 0.3) is 11.7 Å². The minimum atomic E-state index is 0.0186. The van der Waals surface area contributed by atoms with Crippen molar-refractivity contribution in [2.75, 3.05) is 20.2 Å². The fourth-order valence-corrected chi connectivity index (χ4v) is 3.40. The lowest BCUT2D eigenvalue weighted by atomic mass is 10.1. The van der Waals surface area contributed by atoms with Crippen molar-refractivity contribution in [3.8, 4) is 11.4 Å². The summed E-state index contributed by atoms with van der Waals surface area (Å²) in [4.78, 5) is 18.6. The van der Waals surface area contributed by atoms with Gasteiger partial charge in [-0.3, -0.25) is 9.20 Å². The number of amides is 1. The van der Waals surface area contributed by atoms with E-state index in [4.69, 9.17) is 4.74 Å². The zero-order valence-electron chi connectivity index (χ0n) is 15.4. The molecule has 1 unspecified atom stereocenters. The fraction of sp³-hybridized carbons (Fsp3) is 0.400. The second-order valence-corrected chi connectivity index (χ2v) is 6.89. The van der Waals surface area contributed by atoms with Crippen LogP contribution in [0.1, 0.15) is 36.0 Å². The van der Waals surface area contributed by atoms with Crippen molar-refractivity contribution in [1.82, 2.24) is 24.5 Å². The first kappa shape index (κ1) is 17.6. The Morgan fingerprint density at radius 1 is 1.26 bits per heavy atom. The van der Waals surface area contributed by atoms with E-state index in [-0.39, 0.29) is 12.0 Å². The van der Waals surface area contributed by atoms with E-state index in [1.54, 1.807) is 11.1 Å². The van der Waals surface area contributed by atoms with E-state index in [0.717, 1.165) is 31.4 Å². The maximum absolute atomic E-state index is 12.7. The van der Waals surface area contributed by atoms with Crippen LogP contribution in [0, 0.1) is 0 Å². The van der Waals surface area contributed by atoms with Crippen LogP contribution in [-0.2, 0) is 4.74 Å². The van der Waals surface area contributed by atoms with Crippen LogP contribution >= 0.6 is 0 Å². The lowest BCUT2D eigenvalue weighted by molar-refractivity contribution is 0.00709. The number of benzene rings is 1. The standard InChI is InChI=1S/C20H23N5O2/c1-24(13-10-17-5-2-3-14-27-17)19(26)16-8-6-15(7-9-16)18-22-23-20-21-11-4-12-25(18)20/h4,6-9,11-12,17H,2-3,5,10,13-14H2,1H3. The Morgan fingerprint density at radius 2 is 2.11 bits per heavy atom. The molecule has 1 fully saturated rings. The fourth-order valence-electron chi connectivity index (χ4n) is 3.40. The average molecular weight is 365 g/mol. The number of hydrogen-bond donors (Lipinski definition) is 0. The third kappa shape index (κ3) is 3.83. The molecule has 0 spiro atoms. The Morgan fingerprint density at radius 3 is 2.89 bits per heavy atom. The van der Waals surface area contributed by atoms with Crippen LogP contribution < -0.4 is 0 Å². The monoisotopic (exact) mass is 365 g/mol.